The van der Waals surface area contributed by atoms with Gasteiger partial charge in [0.2, 0.25) is 0 Å². The lowest BCUT2D eigenvalue weighted by Crippen LogP contribution is -2.31. The van der Waals surface area contributed by atoms with Crippen molar-refractivity contribution in [3.05, 3.63) is 105 Å². The van der Waals surface area contributed by atoms with Crippen LogP contribution in [0.5, 0.6) is 5.75 Å². The second kappa shape index (κ2) is 9.40. The molecule has 35 heavy (non-hydrogen) atoms. The number of carbonyl (C=O) groups is 2. The summed E-state index contributed by atoms with van der Waals surface area (Å²) in [7, 11) is 0. The van der Waals surface area contributed by atoms with Crippen LogP contribution in [0, 0.1) is 0 Å². The van der Waals surface area contributed by atoms with E-state index in [4.69, 9.17) is 27.9 Å². The van der Waals surface area contributed by atoms with E-state index in [1.165, 1.54) is 4.90 Å². The molecule has 7 heteroatoms. The van der Waals surface area contributed by atoms with Crippen molar-refractivity contribution in [2.24, 2.45) is 0 Å². The normalized spacial score (nSPS) is 20.7. The van der Waals surface area contributed by atoms with E-state index in [-0.39, 0.29) is 17.4 Å². The van der Waals surface area contributed by atoms with Crippen molar-refractivity contribution >= 4 is 40.7 Å². The fourth-order valence-corrected chi connectivity index (χ4v) is 5.07. The second-order valence-electron chi connectivity index (χ2n) is 8.86. The van der Waals surface area contributed by atoms with Crippen LogP contribution in [0.2, 0.25) is 10.0 Å². The maximum atomic E-state index is 13.3. The predicted molar refractivity (Wildman–Crippen MR) is 136 cm³/mol. The first-order chi connectivity index (χ1) is 16.8. The number of nitrogens with zero attached hydrogens (tertiary/aromatic N) is 1. The molecule has 2 heterocycles. The largest absolute Gasteiger partial charge is 0.507 e. The molecule has 0 radical (unpaired) electrons. The number of benzene rings is 3. The van der Waals surface area contributed by atoms with E-state index in [0.29, 0.717) is 40.6 Å². The van der Waals surface area contributed by atoms with Gasteiger partial charge in [-0.15, -0.1) is 0 Å². The van der Waals surface area contributed by atoms with Crippen LogP contribution in [0.1, 0.15) is 35.2 Å². The maximum absolute atomic E-state index is 13.3. The standard InChI is InChI=1S/C28H23Cl2NO4/c1-16-13-20-14-19(8-10-23(20)35-16)26(32)24-25(18-7-9-21(29)22(30)15-18)31(28(34)27(24)33)12-11-17-5-3-2-4-6-17/h2-10,14-16,25,32H,11-13H2,1H3/b26-24-. The summed E-state index contributed by atoms with van der Waals surface area (Å²) in [5.41, 5.74) is 3.09. The Morgan fingerprint density at radius 1 is 1.03 bits per heavy atom. The molecule has 5 rings (SSSR count). The number of rotatable bonds is 5. The van der Waals surface area contributed by atoms with Gasteiger partial charge in [-0.3, -0.25) is 9.59 Å². The third-order valence-corrected chi connectivity index (χ3v) is 7.19. The fourth-order valence-electron chi connectivity index (χ4n) is 4.76. The minimum Gasteiger partial charge on any atom is -0.507 e. The molecule has 0 aliphatic carbocycles. The quantitative estimate of drug-likeness (QED) is 0.262. The summed E-state index contributed by atoms with van der Waals surface area (Å²) in [5.74, 6) is -0.837. The maximum Gasteiger partial charge on any atom is 0.295 e. The van der Waals surface area contributed by atoms with Gasteiger partial charge in [0, 0.05) is 18.5 Å². The van der Waals surface area contributed by atoms with Crippen molar-refractivity contribution in [2.45, 2.75) is 31.9 Å². The van der Waals surface area contributed by atoms with Gasteiger partial charge < -0.3 is 14.7 Å². The summed E-state index contributed by atoms with van der Waals surface area (Å²) < 4.78 is 5.76. The summed E-state index contributed by atoms with van der Waals surface area (Å²) in [4.78, 5) is 28.0. The van der Waals surface area contributed by atoms with Crippen LogP contribution >= 0.6 is 23.2 Å². The zero-order chi connectivity index (χ0) is 24.7. The van der Waals surface area contributed by atoms with Gasteiger partial charge in [0.05, 0.1) is 21.7 Å². The molecule has 1 saturated heterocycles. The van der Waals surface area contributed by atoms with E-state index in [2.05, 4.69) is 0 Å². The Hall–Kier alpha value is -3.28. The molecular weight excluding hydrogens is 485 g/mol. The zero-order valence-electron chi connectivity index (χ0n) is 19.0. The van der Waals surface area contributed by atoms with Gasteiger partial charge in [0.15, 0.2) is 0 Å². The van der Waals surface area contributed by atoms with E-state index < -0.39 is 17.7 Å². The van der Waals surface area contributed by atoms with Crippen molar-refractivity contribution in [3.8, 4) is 5.75 Å². The van der Waals surface area contributed by atoms with Crippen molar-refractivity contribution in [1.82, 2.24) is 4.90 Å². The minimum absolute atomic E-state index is 0.0355. The number of likely N-dealkylation sites (tertiary alicyclic amines) is 1. The molecule has 1 amide bonds. The molecule has 1 fully saturated rings. The number of ether oxygens (including phenoxy) is 1. The average molecular weight is 508 g/mol. The number of hydrogen-bond donors (Lipinski definition) is 1. The molecule has 0 saturated carbocycles. The van der Waals surface area contributed by atoms with Crippen LogP contribution in [0.25, 0.3) is 5.76 Å². The van der Waals surface area contributed by atoms with Crippen molar-refractivity contribution in [3.63, 3.8) is 0 Å². The highest BCUT2D eigenvalue weighted by Gasteiger charge is 2.46. The van der Waals surface area contributed by atoms with Gasteiger partial charge in [0.25, 0.3) is 11.7 Å². The third kappa shape index (κ3) is 4.42. The number of aliphatic hydroxyl groups excluding tert-OH is 1. The monoisotopic (exact) mass is 507 g/mol. The first kappa shape index (κ1) is 23.5. The topological polar surface area (TPSA) is 66.8 Å². The minimum atomic E-state index is -0.795. The molecule has 178 valence electrons. The molecule has 2 unspecified atom stereocenters. The number of aliphatic hydroxyl groups is 1. The number of ketones is 1. The highest BCUT2D eigenvalue weighted by Crippen LogP contribution is 2.42. The van der Waals surface area contributed by atoms with E-state index >= 15 is 0 Å². The van der Waals surface area contributed by atoms with Crippen molar-refractivity contribution < 1.29 is 19.4 Å². The van der Waals surface area contributed by atoms with Gasteiger partial charge in [-0.2, -0.15) is 0 Å². The lowest BCUT2D eigenvalue weighted by Gasteiger charge is -2.25. The number of Topliss-reactive ketones (excluding diaryl/α,β-unsaturated/α-hetero) is 1. The van der Waals surface area contributed by atoms with Gasteiger partial charge in [0.1, 0.15) is 17.6 Å². The zero-order valence-corrected chi connectivity index (χ0v) is 20.5. The molecule has 3 aromatic rings. The number of fused-ring (bicyclic) bond motifs is 1. The SMILES string of the molecule is CC1Cc2cc(/C(O)=C3/C(=O)C(=O)N(CCc4ccccc4)C3c3ccc(Cl)c(Cl)c3)ccc2O1. The molecule has 2 atom stereocenters. The van der Waals surface area contributed by atoms with Gasteiger partial charge in [-0.05, 0) is 60.4 Å². The third-order valence-electron chi connectivity index (χ3n) is 6.45. The summed E-state index contributed by atoms with van der Waals surface area (Å²) in [6, 6.07) is 19.2. The molecule has 0 spiro atoms. The number of halogens is 2. The van der Waals surface area contributed by atoms with Gasteiger partial charge in [-0.25, -0.2) is 0 Å². The Balaban J connectivity index is 1.59. The van der Waals surface area contributed by atoms with Gasteiger partial charge >= 0.3 is 0 Å². The van der Waals surface area contributed by atoms with Crippen LogP contribution in [0.3, 0.4) is 0 Å². The summed E-state index contributed by atoms with van der Waals surface area (Å²) in [5, 5.41) is 12.0. The van der Waals surface area contributed by atoms with E-state index in [1.54, 1.807) is 30.3 Å². The van der Waals surface area contributed by atoms with Crippen LogP contribution < -0.4 is 4.74 Å². The van der Waals surface area contributed by atoms with Crippen molar-refractivity contribution in [1.29, 1.82) is 0 Å². The Labute approximate surface area is 213 Å². The van der Waals surface area contributed by atoms with Crippen molar-refractivity contribution in [2.75, 3.05) is 6.54 Å². The Morgan fingerprint density at radius 3 is 2.54 bits per heavy atom. The summed E-state index contributed by atoms with van der Waals surface area (Å²) in [6.45, 7) is 2.27. The lowest BCUT2D eigenvalue weighted by atomic mass is 9.94. The van der Waals surface area contributed by atoms with E-state index in [0.717, 1.165) is 16.9 Å². The predicted octanol–water partition coefficient (Wildman–Crippen LogP) is 5.98. The first-order valence-corrected chi connectivity index (χ1v) is 12.2. The molecule has 0 aromatic heterocycles. The lowest BCUT2D eigenvalue weighted by molar-refractivity contribution is -0.139. The average Bonchev–Trinajstić information content (AvgIpc) is 3.35. The smallest absolute Gasteiger partial charge is 0.295 e. The Bertz CT molecular complexity index is 1350. The fraction of sp³-hybridized carbons (Fsp3) is 0.214. The number of amides is 1. The highest BCUT2D eigenvalue weighted by molar-refractivity contribution is 6.46. The van der Waals surface area contributed by atoms with Gasteiger partial charge in [-0.1, -0.05) is 59.6 Å². The molecule has 1 N–H and O–H groups in total. The highest BCUT2D eigenvalue weighted by atomic mass is 35.5. The van der Waals surface area contributed by atoms with Crippen LogP contribution in [-0.2, 0) is 22.4 Å². The molecule has 5 nitrogen and oxygen atoms in total. The Morgan fingerprint density at radius 2 is 1.80 bits per heavy atom. The number of carbonyl (C=O) groups excluding carboxylic acids is 2. The van der Waals surface area contributed by atoms with E-state index in [9.17, 15) is 14.7 Å². The Kier molecular flexibility index (Phi) is 6.30. The molecule has 3 aromatic carbocycles. The first-order valence-electron chi connectivity index (χ1n) is 11.4. The molecule has 2 aliphatic rings. The van der Waals surface area contributed by atoms with Crippen LogP contribution in [-0.4, -0.2) is 34.3 Å². The summed E-state index contributed by atoms with van der Waals surface area (Å²) in [6.07, 6.45) is 1.31. The van der Waals surface area contributed by atoms with E-state index in [1.807, 2.05) is 43.3 Å². The molecule has 0 bridgehead atoms. The molecular formula is C28H23Cl2NO4. The molecule has 2 aliphatic heterocycles. The number of hydrogen-bond acceptors (Lipinski definition) is 4. The van der Waals surface area contributed by atoms with Crippen LogP contribution in [0.15, 0.2) is 72.3 Å². The summed E-state index contributed by atoms with van der Waals surface area (Å²) >= 11 is 12.4. The second-order valence-corrected chi connectivity index (χ2v) is 9.67. The van der Waals surface area contributed by atoms with Crippen LogP contribution in [0.4, 0.5) is 0 Å².